The molecule has 1 N–H and O–H groups in total. The van der Waals surface area contributed by atoms with Gasteiger partial charge in [0.2, 0.25) is 0 Å². The Morgan fingerprint density at radius 1 is 1.46 bits per heavy atom. The fourth-order valence-electron chi connectivity index (χ4n) is 1.85. The number of amidine groups is 1. The molecule has 0 aliphatic carbocycles. The van der Waals surface area contributed by atoms with Crippen molar-refractivity contribution in [3.63, 3.8) is 0 Å². The zero-order chi connectivity index (χ0) is 8.93. The van der Waals surface area contributed by atoms with Crippen molar-refractivity contribution >= 4 is 5.84 Å². The molecule has 0 spiro atoms. The van der Waals surface area contributed by atoms with Gasteiger partial charge in [-0.1, -0.05) is 0 Å². The SMILES string of the molecule is C1CCC(NCC2CCOC2)=NC1. The Morgan fingerprint density at radius 2 is 2.46 bits per heavy atom. The lowest BCUT2D eigenvalue weighted by atomic mass is 10.1. The minimum Gasteiger partial charge on any atom is -0.381 e. The van der Waals surface area contributed by atoms with E-state index in [1.165, 1.54) is 25.1 Å². The van der Waals surface area contributed by atoms with E-state index in [4.69, 9.17) is 4.74 Å². The van der Waals surface area contributed by atoms with Gasteiger partial charge in [-0.25, -0.2) is 0 Å². The first-order valence-corrected chi connectivity index (χ1v) is 5.30. The highest BCUT2D eigenvalue weighted by atomic mass is 16.5. The highest BCUT2D eigenvalue weighted by molar-refractivity contribution is 5.82. The summed E-state index contributed by atoms with van der Waals surface area (Å²) < 4.78 is 5.32. The van der Waals surface area contributed by atoms with E-state index in [2.05, 4.69) is 10.3 Å². The largest absolute Gasteiger partial charge is 0.381 e. The minimum absolute atomic E-state index is 0.713. The van der Waals surface area contributed by atoms with E-state index in [-0.39, 0.29) is 0 Å². The second-order valence-corrected chi connectivity index (χ2v) is 3.90. The number of hydrogen-bond donors (Lipinski definition) is 1. The highest BCUT2D eigenvalue weighted by Gasteiger charge is 2.15. The van der Waals surface area contributed by atoms with Gasteiger partial charge in [0.05, 0.1) is 12.4 Å². The molecule has 2 heterocycles. The minimum atomic E-state index is 0.713. The van der Waals surface area contributed by atoms with Gasteiger partial charge in [0.1, 0.15) is 0 Å². The molecule has 2 aliphatic heterocycles. The van der Waals surface area contributed by atoms with Gasteiger partial charge in [-0.2, -0.15) is 0 Å². The smallest absolute Gasteiger partial charge is 0.0963 e. The Bertz CT molecular complexity index is 185. The van der Waals surface area contributed by atoms with Crippen LogP contribution in [0, 0.1) is 5.92 Å². The van der Waals surface area contributed by atoms with Crippen LogP contribution in [0.2, 0.25) is 0 Å². The third-order valence-corrected chi connectivity index (χ3v) is 2.74. The molecule has 0 aromatic rings. The third kappa shape index (κ3) is 2.69. The molecule has 0 aromatic carbocycles. The molecule has 0 radical (unpaired) electrons. The summed E-state index contributed by atoms with van der Waals surface area (Å²) in [7, 11) is 0. The van der Waals surface area contributed by atoms with Crippen molar-refractivity contribution in [1.82, 2.24) is 5.32 Å². The first-order valence-electron chi connectivity index (χ1n) is 5.30. The first kappa shape index (κ1) is 9.00. The van der Waals surface area contributed by atoms with Gasteiger partial charge < -0.3 is 10.1 Å². The lowest BCUT2D eigenvalue weighted by Crippen LogP contribution is -2.31. The van der Waals surface area contributed by atoms with Crippen LogP contribution in [-0.4, -0.2) is 32.1 Å². The van der Waals surface area contributed by atoms with Gasteiger partial charge in [0.25, 0.3) is 0 Å². The number of hydrogen-bond acceptors (Lipinski definition) is 3. The lowest BCUT2D eigenvalue weighted by molar-refractivity contribution is 0.186. The van der Waals surface area contributed by atoms with Gasteiger partial charge in [0.15, 0.2) is 0 Å². The third-order valence-electron chi connectivity index (χ3n) is 2.74. The standard InChI is InChI=1S/C10H18N2O/c1-2-5-11-10(3-1)12-7-9-4-6-13-8-9/h9H,1-8H2,(H,11,12). The average molecular weight is 182 g/mol. The van der Waals surface area contributed by atoms with Crippen LogP contribution < -0.4 is 5.32 Å². The van der Waals surface area contributed by atoms with Gasteiger partial charge in [0, 0.05) is 32.0 Å². The molecule has 0 amide bonds. The van der Waals surface area contributed by atoms with Crippen molar-refractivity contribution in [1.29, 1.82) is 0 Å². The Hall–Kier alpha value is -0.570. The summed E-state index contributed by atoms with van der Waals surface area (Å²) in [5.74, 6) is 1.93. The van der Waals surface area contributed by atoms with E-state index in [0.717, 1.165) is 32.7 Å². The maximum Gasteiger partial charge on any atom is 0.0963 e. The zero-order valence-corrected chi connectivity index (χ0v) is 8.09. The molecular formula is C10H18N2O. The monoisotopic (exact) mass is 182 g/mol. The van der Waals surface area contributed by atoms with Gasteiger partial charge in [-0.05, 0) is 19.3 Å². The molecule has 1 fully saturated rings. The number of aliphatic imine (C=N–C) groups is 1. The Morgan fingerprint density at radius 3 is 3.15 bits per heavy atom. The summed E-state index contributed by atoms with van der Waals surface area (Å²) in [5, 5.41) is 3.43. The zero-order valence-electron chi connectivity index (χ0n) is 8.09. The van der Waals surface area contributed by atoms with Crippen molar-refractivity contribution in [3.05, 3.63) is 0 Å². The first-order chi connectivity index (χ1) is 6.45. The van der Waals surface area contributed by atoms with E-state index in [1.54, 1.807) is 0 Å². The predicted molar refractivity (Wildman–Crippen MR) is 53.1 cm³/mol. The highest BCUT2D eigenvalue weighted by Crippen LogP contribution is 2.11. The van der Waals surface area contributed by atoms with Crippen molar-refractivity contribution in [3.8, 4) is 0 Å². The van der Waals surface area contributed by atoms with E-state index in [1.807, 2.05) is 0 Å². The number of ether oxygens (including phenoxy) is 1. The second-order valence-electron chi connectivity index (χ2n) is 3.90. The molecule has 1 saturated heterocycles. The van der Waals surface area contributed by atoms with Crippen LogP contribution in [0.5, 0.6) is 0 Å². The maximum atomic E-state index is 5.32. The summed E-state index contributed by atoms with van der Waals surface area (Å²) in [6.07, 6.45) is 4.92. The topological polar surface area (TPSA) is 33.6 Å². The lowest BCUT2D eigenvalue weighted by Gasteiger charge is -2.15. The van der Waals surface area contributed by atoms with Crippen molar-refractivity contribution in [2.24, 2.45) is 10.9 Å². The summed E-state index contributed by atoms with van der Waals surface area (Å²) in [6, 6.07) is 0. The van der Waals surface area contributed by atoms with E-state index < -0.39 is 0 Å². The fourth-order valence-corrected chi connectivity index (χ4v) is 1.85. The van der Waals surface area contributed by atoms with Crippen LogP contribution in [0.25, 0.3) is 0 Å². The summed E-state index contributed by atoms with van der Waals surface area (Å²) in [4.78, 5) is 4.46. The summed E-state index contributed by atoms with van der Waals surface area (Å²) in [6.45, 7) is 3.95. The van der Waals surface area contributed by atoms with Crippen molar-refractivity contribution in [2.75, 3.05) is 26.3 Å². The molecule has 2 rings (SSSR count). The van der Waals surface area contributed by atoms with Crippen LogP contribution in [0.1, 0.15) is 25.7 Å². The molecule has 3 nitrogen and oxygen atoms in total. The molecule has 1 atom stereocenters. The molecule has 3 heteroatoms. The van der Waals surface area contributed by atoms with Crippen LogP contribution >= 0.6 is 0 Å². The predicted octanol–water partition coefficient (Wildman–Crippen LogP) is 1.19. The molecule has 74 valence electrons. The average Bonchev–Trinajstić information content (AvgIpc) is 2.69. The van der Waals surface area contributed by atoms with Crippen LogP contribution in [-0.2, 0) is 4.74 Å². The number of rotatable bonds is 2. The Kier molecular flexibility index (Phi) is 3.19. The molecule has 0 saturated carbocycles. The Labute approximate surface area is 79.6 Å². The Balaban J connectivity index is 1.68. The molecular weight excluding hydrogens is 164 g/mol. The van der Waals surface area contributed by atoms with Gasteiger partial charge in [-0.3, -0.25) is 4.99 Å². The molecule has 0 aromatic heterocycles. The van der Waals surface area contributed by atoms with E-state index in [9.17, 15) is 0 Å². The normalized spacial score (nSPS) is 28.6. The second kappa shape index (κ2) is 4.61. The van der Waals surface area contributed by atoms with Crippen LogP contribution in [0.4, 0.5) is 0 Å². The van der Waals surface area contributed by atoms with Gasteiger partial charge >= 0.3 is 0 Å². The molecule has 0 bridgehead atoms. The fraction of sp³-hybridized carbons (Fsp3) is 0.900. The molecule has 2 aliphatic rings. The van der Waals surface area contributed by atoms with Crippen molar-refractivity contribution in [2.45, 2.75) is 25.7 Å². The van der Waals surface area contributed by atoms with Crippen LogP contribution in [0.3, 0.4) is 0 Å². The molecule has 1 unspecified atom stereocenters. The summed E-state index contributed by atoms with van der Waals surface area (Å²) >= 11 is 0. The quantitative estimate of drug-likeness (QED) is 0.696. The van der Waals surface area contributed by atoms with Crippen LogP contribution in [0.15, 0.2) is 4.99 Å². The van der Waals surface area contributed by atoms with E-state index in [0.29, 0.717) is 5.92 Å². The van der Waals surface area contributed by atoms with Crippen molar-refractivity contribution < 1.29 is 4.74 Å². The maximum absolute atomic E-state index is 5.32. The number of nitrogens with zero attached hydrogens (tertiary/aromatic N) is 1. The molecule has 13 heavy (non-hydrogen) atoms. The van der Waals surface area contributed by atoms with Gasteiger partial charge in [-0.15, -0.1) is 0 Å². The number of nitrogens with one attached hydrogen (secondary N) is 1. The van der Waals surface area contributed by atoms with E-state index >= 15 is 0 Å². The summed E-state index contributed by atoms with van der Waals surface area (Å²) in [5.41, 5.74) is 0.